The van der Waals surface area contributed by atoms with E-state index in [1.807, 2.05) is 39.8 Å². The van der Waals surface area contributed by atoms with E-state index in [9.17, 15) is 22.2 Å². The Morgan fingerprint density at radius 2 is 1.45 bits per heavy atom. The average molecular weight is 422 g/mol. The van der Waals surface area contributed by atoms with Crippen molar-refractivity contribution in [3.8, 4) is 0 Å². The Labute approximate surface area is 172 Å². The van der Waals surface area contributed by atoms with E-state index in [4.69, 9.17) is 0 Å². The zero-order chi connectivity index (χ0) is 22.1. The molecule has 2 aromatic rings. The fourth-order valence-electron chi connectivity index (χ4n) is 3.19. The Kier molecular flexibility index (Phi) is 6.86. The molecule has 0 spiro atoms. The highest BCUT2D eigenvalue weighted by Crippen LogP contribution is 2.33. The number of amides is 1. The van der Waals surface area contributed by atoms with E-state index in [0.717, 1.165) is 28.8 Å². The molecule has 29 heavy (non-hydrogen) atoms. The maximum atomic E-state index is 13.7. The van der Waals surface area contributed by atoms with E-state index in [0.29, 0.717) is 11.5 Å². The first-order valence-electron chi connectivity index (χ1n) is 9.59. The first kappa shape index (κ1) is 23.0. The quantitative estimate of drug-likeness (QED) is 0.587. The van der Waals surface area contributed by atoms with Crippen LogP contribution in [0.2, 0.25) is 0 Å². The second kappa shape index (κ2) is 8.63. The Balaban J connectivity index is 2.58. The Bertz CT molecular complexity index is 998. The molecule has 5 nitrogen and oxygen atoms in total. The summed E-state index contributed by atoms with van der Waals surface area (Å²) in [6.07, 6.45) is 0. The van der Waals surface area contributed by atoms with Crippen molar-refractivity contribution in [2.24, 2.45) is 0 Å². The molecule has 0 atom stereocenters. The molecule has 1 amide bonds. The van der Waals surface area contributed by atoms with Crippen LogP contribution in [0.4, 0.5) is 10.1 Å². The Morgan fingerprint density at radius 3 is 1.86 bits per heavy atom. The van der Waals surface area contributed by atoms with E-state index in [2.05, 4.69) is 19.2 Å². The fourth-order valence-corrected chi connectivity index (χ4v) is 3.78. The first-order chi connectivity index (χ1) is 13.3. The van der Waals surface area contributed by atoms with Crippen LogP contribution in [-0.4, -0.2) is 18.9 Å². The van der Waals surface area contributed by atoms with E-state index in [-0.39, 0.29) is 17.5 Å². The molecule has 0 saturated heterocycles. The number of hydrogen-bond acceptors (Lipinski definition) is 3. The Hall–Kier alpha value is -2.25. The molecule has 0 unspecified atom stereocenters. The number of nitrogens with one attached hydrogen (secondary N) is 1. The molecule has 2 aromatic carbocycles. The van der Waals surface area contributed by atoms with E-state index in [1.54, 1.807) is 0 Å². The van der Waals surface area contributed by atoms with Gasteiger partial charge in [-0.25, -0.2) is 4.39 Å². The molecular formula is C22H28FNO4S. The van der Waals surface area contributed by atoms with Crippen LogP contribution in [0.5, 0.6) is 0 Å². The van der Waals surface area contributed by atoms with Crippen LogP contribution in [-0.2, 0) is 10.1 Å². The van der Waals surface area contributed by atoms with Crippen molar-refractivity contribution in [2.45, 2.75) is 64.2 Å². The van der Waals surface area contributed by atoms with Gasteiger partial charge >= 0.3 is 0 Å². The lowest BCUT2D eigenvalue weighted by Gasteiger charge is -2.22. The van der Waals surface area contributed by atoms with Crippen molar-refractivity contribution in [1.29, 1.82) is 0 Å². The lowest BCUT2D eigenvalue weighted by atomic mass is 9.84. The summed E-state index contributed by atoms with van der Waals surface area (Å²) in [7, 11) is -4.74. The van der Waals surface area contributed by atoms with Gasteiger partial charge in [-0.1, -0.05) is 53.7 Å². The standard InChI is InChI=1S/C22H28FNO4S/c1-12(2)15-9-17(13(3)4)21(18(10-15)14(5)6)22(25)24-16-7-8-19(23)20(11-16)29(26,27)28/h7-14H,1-6H3,(H,24,25)(H,26,27,28). The summed E-state index contributed by atoms with van der Waals surface area (Å²) in [5, 5.41) is 2.66. The minimum Gasteiger partial charge on any atom is -0.322 e. The summed E-state index contributed by atoms with van der Waals surface area (Å²) < 4.78 is 45.6. The van der Waals surface area contributed by atoms with Crippen LogP contribution < -0.4 is 5.32 Å². The van der Waals surface area contributed by atoms with E-state index < -0.39 is 26.7 Å². The molecule has 0 bridgehead atoms. The van der Waals surface area contributed by atoms with Gasteiger partial charge in [0.25, 0.3) is 16.0 Å². The van der Waals surface area contributed by atoms with Crippen LogP contribution in [0.1, 0.15) is 86.3 Å². The van der Waals surface area contributed by atoms with Crippen molar-refractivity contribution < 1.29 is 22.2 Å². The number of anilines is 1. The molecule has 0 radical (unpaired) electrons. The fraction of sp³-hybridized carbons (Fsp3) is 0.409. The van der Waals surface area contributed by atoms with Crippen LogP contribution in [0.25, 0.3) is 0 Å². The van der Waals surface area contributed by atoms with Crippen LogP contribution in [0.15, 0.2) is 35.2 Å². The largest absolute Gasteiger partial charge is 0.322 e. The van der Waals surface area contributed by atoms with Gasteiger partial charge in [-0.05, 0) is 52.6 Å². The third-order valence-electron chi connectivity index (χ3n) is 4.83. The molecule has 0 aromatic heterocycles. The summed E-state index contributed by atoms with van der Waals surface area (Å²) in [6.45, 7) is 12.2. The number of benzene rings is 2. The van der Waals surface area contributed by atoms with Crippen molar-refractivity contribution in [3.05, 3.63) is 58.4 Å². The molecule has 2 rings (SSSR count). The summed E-state index contributed by atoms with van der Waals surface area (Å²) >= 11 is 0. The van der Waals surface area contributed by atoms with Gasteiger partial charge in [-0.3, -0.25) is 9.35 Å². The van der Waals surface area contributed by atoms with Gasteiger partial charge < -0.3 is 5.32 Å². The highest BCUT2D eigenvalue weighted by Gasteiger charge is 2.23. The minimum atomic E-state index is -4.74. The maximum Gasteiger partial charge on any atom is 0.297 e. The molecule has 0 heterocycles. The van der Waals surface area contributed by atoms with Gasteiger partial charge in [0.1, 0.15) is 10.7 Å². The minimum absolute atomic E-state index is 0.0846. The zero-order valence-electron chi connectivity index (χ0n) is 17.6. The lowest BCUT2D eigenvalue weighted by molar-refractivity contribution is 0.102. The smallest absolute Gasteiger partial charge is 0.297 e. The first-order valence-corrected chi connectivity index (χ1v) is 11.0. The van der Waals surface area contributed by atoms with Gasteiger partial charge in [0.2, 0.25) is 0 Å². The molecule has 0 aliphatic heterocycles. The molecule has 158 valence electrons. The second-order valence-corrected chi connectivity index (χ2v) is 9.50. The molecule has 0 aliphatic carbocycles. The van der Waals surface area contributed by atoms with Gasteiger partial charge in [0, 0.05) is 11.3 Å². The molecule has 7 heteroatoms. The molecule has 2 N–H and O–H groups in total. The van der Waals surface area contributed by atoms with Gasteiger partial charge in [-0.2, -0.15) is 8.42 Å². The average Bonchev–Trinajstić information content (AvgIpc) is 2.60. The van der Waals surface area contributed by atoms with Crippen molar-refractivity contribution in [2.75, 3.05) is 5.32 Å². The molecule has 0 saturated carbocycles. The summed E-state index contributed by atoms with van der Waals surface area (Å²) in [4.78, 5) is 12.3. The van der Waals surface area contributed by atoms with Crippen LogP contribution >= 0.6 is 0 Å². The predicted molar refractivity (Wildman–Crippen MR) is 113 cm³/mol. The SMILES string of the molecule is CC(C)c1cc(C(C)C)c(C(=O)Nc2ccc(F)c(S(=O)(=O)O)c2)c(C(C)C)c1. The number of halogens is 1. The van der Waals surface area contributed by atoms with E-state index in [1.165, 1.54) is 6.07 Å². The summed E-state index contributed by atoms with van der Waals surface area (Å²) in [5.74, 6) is -1.00. The Morgan fingerprint density at radius 1 is 0.931 bits per heavy atom. The van der Waals surface area contributed by atoms with Crippen molar-refractivity contribution in [3.63, 3.8) is 0 Å². The number of carbonyl (C=O) groups excluding carboxylic acids is 1. The van der Waals surface area contributed by atoms with Gasteiger partial charge in [0.05, 0.1) is 0 Å². The number of rotatable bonds is 6. The molecular weight excluding hydrogens is 393 g/mol. The second-order valence-electron chi connectivity index (χ2n) is 8.11. The van der Waals surface area contributed by atoms with Crippen molar-refractivity contribution >= 4 is 21.7 Å². The maximum absolute atomic E-state index is 13.7. The lowest BCUT2D eigenvalue weighted by Crippen LogP contribution is -2.19. The third-order valence-corrected chi connectivity index (χ3v) is 5.70. The zero-order valence-corrected chi connectivity index (χ0v) is 18.4. The van der Waals surface area contributed by atoms with Crippen LogP contribution in [0, 0.1) is 5.82 Å². The number of carbonyl (C=O) groups is 1. The van der Waals surface area contributed by atoms with Crippen LogP contribution in [0.3, 0.4) is 0 Å². The summed E-state index contributed by atoms with van der Waals surface area (Å²) in [6, 6.07) is 7.13. The highest BCUT2D eigenvalue weighted by molar-refractivity contribution is 7.85. The topological polar surface area (TPSA) is 83.5 Å². The predicted octanol–water partition coefficient (Wildman–Crippen LogP) is 5.69. The third kappa shape index (κ3) is 5.22. The molecule has 0 aliphatic rings. The van der Waals surface area contributed by atoms with Gasteiger partial charge in [-0.15, -0.1) is 0 Å². The van der Waals surface area contributed by atoms with E-state index >= 15 is 0 Å². The monoisotopic (exact) mass is 421 g/mol. The number of hydrogen-bond donors (Lipinski definition) is 2. The highest BCUT2D eigenvalue weighted by atomic mass is 32.2. The van der Waals surface area contributed by atoms with Crippen molar-refractivity contribution in [1.82, 2.24) is 0 Å². The normalized spacial score (nSPS) is 12.1. The molecule has 0 fully saturated rings. The summed E-state index contributed by atoms with van der Waals surface area (Å²) in [5.41, 5.74) is 3.56. The van der Waals surface area contributed by atoms with Gasteiger partial charge in [0.15, 0.2) is 0 Å².